The minimum Gasteiger partial charge on any atom is -0.439 e. The van der Waals surface area contributed by atoms with Gasteiger partial charge < -0.3 is 14.2 Å². The van der Waals surface area contributed by atoms with Gasteiger partial charge in [0.1, 0.15) is 16.7 Å². The fourth-order valence-corrected chi connectivity index (χ4v) is 3.32. The number of hydrogen-bond donors (Lipinski definition) is 1. The summed E-state index contributed by atoms with van der Waals surface area (Å²) in [6, 6.07) is 15.9. The number of anilines is 2. The van der Waals surface area contributed by atoms with Gasteiger partial charge in [-0.25, -0.2) is 4.79 Å². The standard InChI is InChI=1S/C23H21NO3/c1-13-5-8-17(9-6-13)20-21-19(12-16(4)26-23(21)25)27-22(20)24-18-10-7-14(2)11-15(18)3/h5-12,24H,1-4H3. The molecule has 0 saturated carbocycles. The Labute approximate surface area is 157 Å². The number of rotatable bonds is 3. The van der Waals surface area contributed by atoms with Crippen LogP contribution in [-0.4, -0.2) is 0 Å². The van der Waals surface area contributed by atoms with Gasteiger partial charge in [-0.3, -0.25) is 0 Å². The van der Waals surface area contributed by atoms with Crippen molar-refractivity contribution in [2.45, 2.75) is 27.7 Å². The second-order valence-electron chi connectivity index (χ2n) is 7.00. The van der Waals surface area contributed by atoms with E-state index < -0.39 is 5.63 Å². The van der Waals surface area contributed by atoms with Crippen molar-refractivity contribution in [3.63, 3.8) is 0 Å². The third kappa shape index (κ3) is 3.14. The number of furan rings is 1. The van der Waals surface area contributed by atoms with Crippen LogP contribution in [0.5, 0.6) is 0 Å². The van der Waals surface area contributed by atoms with E-state index in [-0.39, 0.29) is 0 Å². The number of hydrogen-bond acceptors (Lipinski definition) is 4. The van der Waals surface area contributed by atoms with Crippen molar-refractivity contribution in [1.82, 2.24) is 0 Å². The van der Waals surface area contributed by atoms with Gasteiger partial charge in [-0.1, -0.05) is 47.5 Å². The maximum atomic E-state index is 12.6. The van der Waals surface area contributed by atoms with Gasteiger partial charge in [0, 0.05) is 11.8 Å². The van der Waals surface area contributed by atoms with E-state index in [1.807, 2.05) is 50.2 Å². The van der Waals surface area contributed by atoms with Crippen LogP contribution in [0.3, 0.4) is 0 Å². The van der Waals surface area contributed by atoms with Crippen molar-refractivity contribution in [1.29, 1.82) is 0 Å². The molecule has 4 heteroatoms. The molecular formula is C23H21NO3. The molecule has 0 aliphatic rings. The Morgan fingerprint density at radius 2 is 1.52 bits per heavy atom. The molecule has 136 valence electrons. The van der Waals surface area contributed by atoms with Gasteiger partial charge in [-0.15, -0.1) is 0 Å². The highest BCUT2D eigenvalue weighted by atomic mass is 16.4. The Balaban J connectivity index is 1.96. The predicted molar refractivity (Wildman–Crippen MR) is 109 cm³/mol. The number of fused-ring (bicyclic) bond motifs is 1. The molecule has 0 radical (unpaired) electrons. The van der Waals surface area contributed by atoms with Crippen LogP contribution in [0.1, 0.15) is 22.5 Å². The molecule has 2 aromatic heterocycles. The lowest BCUT2D eigenvalue weighted by Crippen LogP contribution is -2.00. The maximum absolute atomic E-state index is 12.6. The largest absolute Gasteiger partial charge is 0.439 e. The van der Waals surface area contributed by atoms with Crippen LogP contribution in [0.4, 0.5) is 11.6 Å². The summed E-state index contributed by atoms with van der Waals surface area (Å²) in [5.74, 6) is 1.06. The second-order valence-corrected chi connectivity index (χ2v) is 7.00. The van der Waals surface area contributed by atoms with E-state index >= 15 is 0 Å². The summed E-state index contributed by atoms with van der Waals surface area (Å²) >= 11 is 0. The Kier molecular flexibility index (Phi) is 4.11. The molecule has 4 aromatic rings. The molecule has 0 spiro atoms. The Morgan fingerprint density at radius 3 is 2.22 bits per heavy atom. The average Bonchev–Trinajstić information content (AvgIpc) is 2.96. The van der Waals surface area contributed by atoms with E-state index in [2.05, 4.69) is 18.3 Å². The molecule has 0 bridgehead atoms. The zero-order chi connectivity index (χ0) is 19.1. The molecule has 2 heterocycles. The number of benzene rings is 2. The molecule has 0 fully saturated rings. The van der Waals surface area contributed by atoms with Crippen molar-refractivity contribution in [2.75, 3.05) is 5.32 Å². The highest BCUT2D eigenvalue weighted by Gasteiger charge is 2.21. The van der Waals surface area contributed by atoms with Crippen LogP contribution >= 0.6 is 0 Å². The first-order chi connectivity index (χ1) is 12.9. The van der Waals surface area contributed by atoms with Crippen molar-refractivity contribution >= 4 is 22.5 Å². The summed E-state index contributed by atoms with van der Waals surface area (Å²) in [7, 11) is 0. The summed E-state index contributed by atoms with van der Waals surface area (Å²) in [5, 5.41) is 3.83. The van der Waals surface area contributed by atoms with E-state index in [4.69, 9.17) is 8.83 Å². The highest BCUT2D eigenvalue weighted by molar-refractivity contribution is 6.00. The van der Waals surface area contributed by atoms with Crippen LogP contribution in [0, 0.1) is 27.7 Å². The Hall–Kier alpha value is -3.27. The normalized spacial score (nSPS) is 11.1. The van der Waals surface area contributed by atoms with Crippen molar-refractivity contribution < 1.29 is 8.83 Å². The topological polar surface area (TPSA) is 55.4 Å². The van der Waals surface area contributed by atoms with Gasteiger partial charge in [0.25, 0.3) is 0 Å². The molecule has 0 unspecified atom stereocenters. The lowest BCUT2D eigenvalue weighted by molar-refractivity contribution is 0.485. The molecule has 27 heavy (non-hydrogen) atoms. The van der Waals surface area contributed by atoms with Gasteiger partial charge in [0.15, 0.2) is 0 Å². The van der Waals surface area contributed by atoms with Crippen molar-refractivity contribution in [3.05, 3.63) is 81.4 Å². The lowest BCUT2D eigenvalue weighted by atomic mass is 10.0. The number of aryl methyl sites for hydroxylation is 4. The first-order valence-corrected chi connectivity index (χ1v) is 8.91. The van der Waals surface area contributed by atoms with Gasteiger partial charge in [0.2, 0.25) is 5.88 Å². The summed E-state index contributed by atoms with van der Waals surface area (Å²) in [6.07, 6.45) is 0. The Bertz CT molecular complexity index is 1200. The van der Waals surface area contributed by atoms with Gasteiger partial charge in [-0.05, 0) is 44.9 Å². The average molecular weight is 359 g/mol. The molecule has 4 nitrogen and oxygen atoms in total. The quantitative estimate of drug-likeness (QED) is 0.485. The van der Waals surface area contributed by atoms with Gasteiger partial charge in [-0.2, -0.15) is 0 Å². The smallest absolute Gasteiger partial charge is 0.347 e. The molecule has 0 saturated heterocycles. The fraction of sp³-hybridized carbons (Fsp3) is 0.174. The monoisotopic (exact) mass is 359 g/mol. The van der Waals surface area contributed by atoms with Gasteiger partial charge >= 0.3 is 5.63 Å². The summed E-state index contributed by atoms with van der Waals surface area (Å²) in [5.41, 5.74) is 6.14. The van der Waals surface area contributed by atoms with Crippen molar-refractivity contribution in [3.8, 4) is 11.1 Å². The molecule has 1 N–H and O–H groups in total. The van der Waals surface area contributed by atoms with E-state index in [1.165, 1.54) is 5.56 Å². The third-order valence-corrected chi connectivity index (χ3v) is 4.70. The summed E-state index contributed by atoms with van der Waals surface area (Å²) in [6.45, 7) is 7.88. The van der Waals surface area contributed by atoms with E-state index in [9.17, 15) is 4.79 Å². The molecule has 0 atom stereocenters. The van der Waals surface area contributed by atoms with Gasteiger partial charge in [0.05, 0.1) is 5.56 Å². The highest BCUT2D eigenvalue weighted by Crippen LogP contribution is 2.39. The Morgan fingerprint density at radius 1 is 0.815 bits per heavy atom. The molecule has 0 aliphatic heterocycles. The van der Waals surface area contributed by atoms with E-state index in [1.54, 1.807) is 13.0 Å². The molecular weight excluding hydrogens is 338 g/mol. The maximum Gasteiger partial charge on any atom is 0.347 e. The fourth-order valence-electron chi connectivity index (χ4n) is 3.32. The SMILES string of the molecule is Cc1ccc(-c2c(Nc3ccc(C)cc3C)oc3cc(C)oc(=O)c23)cc1. The lowest BCUT2D eigenvalue weighted by Gasteiger charge is -2.10. The molecule has 4 rings (SSSR count). The third-order valence-electron chi connectivity index (χ3n) is 4.70. The van der Waals surface area contributed by atoms with E-state index in [0.717, 1.165) is 27.9 Å². The zero-order valence-electron chi connectivity index (χ0n) is 15.8. The predicted octanol–water partition coefficient (Wildman–Crippen LogP) is 6.03. The van der Waals surface area contributed by atoms with Crippen molar-refractivity contribution in [2.24, 2.45) is 0 Å². The summed E-state index contributed by atoms with van der Waals surface area (Å²) < 4.78 is 11.4. The van der Waals surface area contributed by atoms with Crippen LogP contribution < -0.4 is 10.9 Å². The minimum atomic E-state index is -0.391. The van der Waals surface area contributed by atoms with Crippen LogP contribution in [0.2, 0.25) is 0 Å². The van der Waals surface area contributed by atoms with E-state index in [0.29, 0.717) is 22.6 Å². The van der Waals surface area contributed by atoms with Crippen LogP contribution in [0.25, 0.3) is 22.1 Å². The summed E-state index contributed by atoms with van der Waals surface area (Å²) in [4.78, 5) is 12.6. The minimum absolute atomic E-state index is 0.391. The second kappa shape index (κ2) is 6.47. The molecule has 0 aliphatic carbocycles. The first kappa shape index (κ1) is 17.2. The first-order valence-electron chi connectivity index (χ1n) is 8.91. The van der Waals surface area contributed by atoms with Crippen LogP contribution in [-0.2, 0) is 0 Å². The zero-order valence-corrected chi connectivity index (χ0v) is 15.8. The molecule has 0 amide bonds. The number of nitrogens with one attached hydrogen (secondary N) is 1. The molecule has 2 aromatic carbocycles. The van der Waals surface area contributed by atoms with Crippen LogP contribution in [0.15, 0.2) is 62.2 Å².